The Bertz CT molecular complexity index is 422. The van der Waals surface area contributed by atoms with Crippen molar-refractivity contribution in [2.75, 3.05) is 0 Å². The topological polar surface area (TPSA) is 55.1 Å². The zero-order valence-corrected chi connectivity index (χ0v) is 11.5. The van der Waals surface area contributed by atoms with Crippen LogP contribution in [0, 0.1) is 0 Å². The molecule has 1 aliphatic carbocycles. The van der Waals surface area contributed by atoms with Gasteiger partial charge in [-0.2, -0.15) is 5.10 Å². The second kappa shape index (κ2) is 5.21. The van der Waals surface area contributed by atoms with Crippen LogP contribution in [0.25, 0.3) is 0 Å². The fourth-order valence-corrected chi connectivity index (χ4v) is 3.33. The number of carboxylic acid groups (broad SMARTS) is 1. The molecule has 0 unspecified atom stereocenters. The van der Waals surface area contributed by atoms with Gasteiger partial charge in [-0.25, -0.2) is 0 Å². The minimum absolute atomic E-state index is 0.0246. The Kier molecular flexibility index (Phi) is 3.86. The molecule has 17 heavy (non-hydrogen) atoms. The molecule has 1 aromatic rings. The summed E-state index contributed by atoms with van der Waals surface area (Å²) in [6, 6.07) is 0. The van der Waals surface area contributed by atoms with Crippen LogP contribution in [0.5, 0.6) is 0 Å². The number of halogens is 1. The van der Waals surface area contributed by atoms with Crippen molar-refractivity contribution in [2.24, 2.45) is 7.05 Å². The predicted molar refractivity (Wildman–Crippen MR) is 68.1 cm³/mol. The van der Waals surface area contributed by atoms with Gasteiger partial charge in [0.05, 0.1) is 22.3 Å². The van der Waals surface area contributed by atoms with E-state index in [0.29, 0.717) is 5.92 Å². The van der Waals surface area contributed by atoms with Gasteiger partial charge in [0.2, 0.25) is 0 Å². The highest BCUT2D eigenvalue weighted by Crippen LogP contribution is 2.36. The second-order valence-corrected chi connectivity index (χ2v) is 5.47. The first-order chi connectivity index (χ1) is 8.09. The highest BCUT2D eigenvalue weighted by molar-refractivity contribution is 9.10. The van der Waals surface area contributed by atoms with E-state index in [0.717, 1.165) is 15.9 Å². The van der Waals surface area contributed by atoms with Crippen molar-refractivity contribution >= 4 is 21.9 Å². The Morgan fingerprint density at radius 1 is 1.47 bits per heavy atom. The largest absolute Gasteiger partial charge is 0.481 e. The molecule has 0 atom stereocenters. The van der Waals surface area contributed by atoms with Crippen molar-refractivity contribution in [1.82, 2.24) is 9.78 Å². The average Bonchev–Trinajstić information content (AvgIpc) is 2.58. The molecule has 1 heterocycles. The molecule has 0 bridgehead atoms. The number of nitrogens with zero attached hydrogens (tertiary/aromatic N) is 2. The summed E-state index contributed by atoms with van der Waals surface area (Å²) in [6.45, 7) is 0. The lowest BCUT2D eigenvalue weighted by molar-refractivity contribution is -0.136. The highest BCUT2D eigenvalue weighted by Gasteiger charge is 2.24. The molecule has 1 fully saturated rings. The van der Waals surface area contributed by atoms with Crippen LogP contribution in [-0.2, 0) is 18.3 Å². The van der Waals surface area contributed by atoms with Crippen molar-refractivity contribution in [3.63, 3.8) is 0 Å². The van der Waals surface area contributed by atoms with E-state index >= 15 is 0 Å². The minimum atomic E-state index is -0.816. The normalized spacial score (nSPS) is 17.3. The average molecular weight is 301 g/mol. The van der Waals surface area contributed by atoms with E-state index in [-0.39, 0.29) is 6.42 Å². The Labute approximate surface area is 109 Å². The number of carboxylic acids is 1. The summed E-state index contributed by atoms with van der Waals surface area (Å²) in [5.74, 6) is -0.323. The van der Waals surface area contributed by atoms with Gasteiger partial charge < -0.3 is 5.11 Å². The van der Waals surface area contributed by atoms with Crippen LogP contribution in [-0.4, -0.2) is 20.9 Å². The summed E-state index contributed by atoms with van der Waals surface area (Å²) in [5, 5.41) is 13.4. The van der Waals surface area contributed by atoms with Crippen LogP contribution < -0.4 is 0 Å². The maximum absolute atomic E-state index is 10.8. The van der Waals surface area contributed by atoms with Crippen molar-refractivity contribution < 1.29 is 9.90 Å². The van der Waals surface area contributed by atoms with Crippen LogP contribution in [0.15, 0.2) is 4.47 Å². The molecule has 0 aromatic carbocycles. The molecular weight excluding hydrogens is 284 g/mol. The number of aryl methyl sites for hydroxylation is 1. The van der Waals surface area contributed by atoms with E-state index in [9.17, 15) is 4.79 Å². The van der Waals surface area contributed by atoms with Gasteiger partial charge in [0, 0.05) is 13.0 Å². The summed E-state index contributed by atoms with van der Waals surface area (Å²) in [6.07, 6.45) is 6.17. The van der Waals surface area contributed by atoms with Gasteiger partial charge in [-0.05, 0) is 28.8 Å². The summed E-state index contributed by atoms with van der Waals surface area (Å²) in [7, 11) is 1.81. The van der Waals surface area contributed by atoms with E-state index in [1.807, 2.05) is 7.05 Å². The molecule has 1 N–H and O–H groups in total. The zero-order valence-electron chi connectivity index (χ0n) is 9.95. The Morgan fingerprint density at radius 3 is 2.71 bits per heavy atom. The van der Waals surface area contributed by atoms with Crippen LogP contribution in [0.1, 0.15) is 49.4 Å². The lowest BCUT2D eigenvalue weighted by Gasteiger charge is -2.19. The summed E-state index contributed by atoms with van der Waals surface area (Å²) < 4.78 is 2.59. The van der Waals surface area contributed by atoms with E-state index < -0.39 is 5.97 Å². The molecule has 0 saturated heterocycles. The third-order valence-corrected chi connectivity index (χ3v) is 4.30. The monoisotopic (exact) mass is 300 g/mol. The molecule has 1 aromatic heterocycles. The molecule has 1 saturated carbocycles. The fourth-order valence-electron chi connectivity index (χ4n) is 2.53. The van der Waals surface area contributed by atoms with E-state index in [1.54, 1.807) is 4.68 Å². The van der Waals surface area contributed by atoms with E-state index in [4.69, 9.17) is 5.11 Å². The van der Waals surface area contributed by atoms with Crippen molar-refractivity contribution in [2.45, 2.75) is 44.4 Å². The molecule has 0 amide bonds. The summed E-state index contributed by atoms with van der Waals surface area (Å²) in [5.41, 5.74) is 1.81. The van der Waals surface area contributed by atoms with Crippen LogP contribution in [0.3, 0.4) is 0 Å². The first kappa shape index (κ1) is 12.6. The Hall–Kier alpha value is -0.840. The first-order valence-corrected chi connectivity index (χ1v) is 6.82. The standard InChI is InChI=1S/C12H17BrN2O2/c1-15-9(7-10(16)17)11(13)12(14-15)8-5-3-2-4-6-8/h8H,2-7H2,1H3,(H,16,17). The van der Waals surface area contributed by atoms with Gasteiger partial charge in [0.15, 0.2) is 0 Å². The number of carbonyl (C=O) groups is 1. The number of aromatic nitrogens is 2. The first-order valence-electron chi connectivity index (χ1n) is 6.02. The van der Waals surface area contributed by atoms with E-state index in [2.05, 4.69) is 21.0 Å². The molecule has 1 aliphatic rings. The van der Waals surface area contributed by atoms with Gasteiger partial charge >= 0.3 is 5.97 Å². The van der Waals surface area contributed by atoms with Crippen LogP contribution >= 0.6 is 15.9 Å². The molecule has 0 spiro atoms. The molecular formula is C12H17BrN2O2. The number of aliphatic carboxylic acids is 1. The predicted octanol–water partition coefficient (Wildman–Crippen LogP) is 2.86. The summed E-state index contributed by atoms with van der Waals surface area (Å²) >= 11 is 3.52. The van der Waals surface area contributed by atoms with Crippen molar-refractivity contribution in [3.8, 4) is 0 Å². The summed E-state index contributed by atoms with van der Waals surface area (Å²) in [4.78, 5) is 10.8. The molecule has 2 rings (SSSR count). The van der Waals surface area contributed by atoms with Crippen molar-refractivity contribution in [1.29, 1.82) is 0 Å². The number of hydrogen-bond donors (Lipinski definition) is 1. The SMILES string of the molecule is Cn1nc(C2CCCCC2)c(Br)c1CC(=O)O. The third kappa shape index (κ3) is 2.70. The minimum Gasteiger partial charge on any atom is -0.481 e. The maximum atomic E-state index is 10.8. The fraction of sp³-hybridized carbons (Fsp3) is 0.667. The molecule has 5 heteroatoms. The second-order valence-electron chi connectivity index (χ2n) is 4.67. The van der Waals surface area contributed by atoms with Crippen molar-refractivity contribution in [3.05, 3.63) is 15.9 Å². The van der Waals surface area contributed by atoms with E-state index in [1.165, 1.54) is 32.1 Å². The smallest absolute Gasteiger partial charge is 0.309 e. The molecule has 4 nitrogen and oxygen atoms in total. The van der Waals surface area contributed by atoms with Crippen LogP contribution in [0.2, 0.25) is 0 Å². The molecule has 94 valence electrons. The lowest BCUT2D eigenvalue weighted by Crippen LogP contribution is -2.06. The zero-order chi connectivity index (χ0) is 12.4. The quantitative estimate of drug-likeness (QED) is 0.934. The molecule has 0 aliphatic heterocycles. The number of hydrogen-bond acceptors (Lipinski definition) is 2. The third-order valence-electron chi connectivity index (χ3n) is 3.44. The van der Waals surface area contributed by atoms with Crippen LogP contribution in [0.4, 0.5) is 0 Å². The number of rotatable bonds is 3. The Morgan fingerprint density at radius 2 is 2.12 bits per heavy atom. The molecule has 0 radical (unpaired) electrons. The van der Waals surface area contributed by atoms with Gasteiger partial charge in [-0.15, -0.1) is 0 Å². The maximum Gasteiger partial charge on any atom is 0.309 e. The van der Waals surface area contributed by atoms with Gasteiger partial charge in [0.1, 0.15) is 0 Å². The Balaban J connectivity index is 2.26. The van der Waals surface area contributed by atoms with Gasteiger partial charge in [-0.1, -0.05) is 19.3 Å². The lowest BCUT2D eigenvalue weighted by atomic mass is 9.87. The van der Waals surface area contributed by atoms with Gasteiger partial charge in [-0.3, -0.25) is 9.48 Å². The highest BCUT2D eigenvalue weighted by atomic mass is 79.9. The van der Waals surface area contributed by atoms with Gasteiger partial charge in [0.25, 0.3) is 0 Å².